The number of imide groups is 1. The number of hydrogen-bond donors (Lipinski definition) is 1. The molecular weight excluding hydrogens is 306 g/mol. The first-order chi connectivity index (χ1) is 11.6. The highest BCUT2D eigenvalue weighted by molar-refractivity contribution is 5.86. The third-order valence-electron chi connectivity index (χ3n) is 4.76. The van der Waals surface area contributed by atoms with Crippen molar-refractivity contribution in [3.63, 3.8) is 0 Å². The molecule has 0 spiro atoms. The topological polar surface area (TPSA) is 66.8 Å². The molecule has 1 N–H and O–H groups in total. The molecule has 5 nitrogen and oxygen atoms in total. The smallest absolute Gasteiger partial charge is 0.419 e. The monoisotopic (exact) mass is 341 g/mol. The largest absolute Gasteiger partial charge is 0.465 e. The fourth-order valence-corrected chi connectivity index (χ4v) is 3.23. The normalized spacial score (nSPS) is 18.2. The van der Waals surface area contributed by atoms with E-state index in [1.807, 2.05) is 6.92 Å². The van der Waals surface area contributed by atoms with Crippen molar-refractivity contribution in [3.05, 3.63) is 0 Å². The van der Waals surface area contributed by atoms with Crippen LogP contribution in [-0.4, -0.2) is 34.8 Å². The number of ether oxygens (including phenoxy) is 1. The Morgan fingerprint density at radius 3 is 1.88 bits per heavy atom. The van der Waals surface area contributed by atoms with Crippen molar-refractivity contribution in [2.24, 2.45) is 0 Å². The summed E-state index contributed by atoms with van der Waals surface area (Å²) in [5.74, 6) is 0. The first kappa shape index (κ1) is 20.8. The molecule has 24 heavy (non-hydrogen) atoms. The molecule has 1 fully saturated rings. The van der Waals surface area contributed by atoms with Gasteiger partial charge in [-0.1, -0.05) is 64.7 Å². The predicted molar refractivity (Wildman–Crippen MR) is 95.3 cm³/mol. The average molecular weight is 341 g/mol. The van der Waals surface area contributed by atoms with E-state index in [0.717, 1.165) is 43.4 Å². The molecule has 0 aromatic rings. The summed E-state index contributed by atoms with van der Waals surface area (Å²) < 4.78 is 5.56. The van der Waals surface area contributed by atoms with Crippen molar-refractivity contribution in [2.75, 3.05) is 6.54 Å². The second-order valence-corrected chi connectivity index (χ2v) is 6.91. The van der Waals surface area contributed by atoms with Gasteiger partial charge in [0.05, 0.1) is 0 Å². The first-order valence-corrected chi connectivity index (χ1v) is 9.86. The van der Waals surface area contributed by atoms with Crippen LogP contribution in [0.15, 0.2) is 0 Å². The Hall–Kier alpha value is -1.26. The van der Waals surface area contributed by atoms with Gasteiger partial charge in [0.15, 0.2) is 0 Å². The van der Waals surface area contributed by atoms with Gasteiger partial charge in [0.25, 0.3) is 0 Å². The van der Waals surface area contributed by atoms with E-state index in [4.69, 9.17) is 4.74 Å². The van der Waals surface area contributed by atoms with E-state index in [-0.39, 0.29) is 12.6 Å². The molecule has 140 valence electrons. The summed E-state index contributed by atoms with van der Waals surface area (Å²) in [5, 5.41) is 9.25. The third-order valence-corrected chi connectivity index (χ3v) is 4.76. The molecule has 2 amide bonds. The van der Waals surface area contributed by atoms with Gasteiger partial charge in [-0.15, -0.1) is 0 Å². The molecule has 0 aliphatic heterocycles. The molecule has 0 aromatic carbocycles. The summed E-state index contributed by atoms with van der Waals surface area (Å²) >= 11 is 0. The maximum Gasteiger partial charge on any atom is 0.419 e. The summed E-state index contributed by atoms with van der Waals surface area (Å²) in [6, 6.07) is 0. The molecule has 0 unspecified atom stereocenters. The van der Waals surface area contributed by atoms with Gasteiger partial charge >= 0.3 is 12.2 Å². The predicted octanol–water partition coefficient (Wildman–Crippen LogP) is 5.97. The number of rotatable bonds is 5. The number of nitrogens with zero attached hydrogens (tertiary/aromatic N) is 1. The summed E-state index contributed by atoms with van der Waals surface area (Å²) in [7, 11) is 0. The number of amides is 2. The number of unbranched alkanes of at least 4 members (excludes halogenated alkanes) is 2. The van der Waals surface area contributed by atoms with Crippen molar-refractivity contribution in [1.29, 1.82) is 0 Å². The number of carbonyl (C=O) groups is 2. The van der Waals surface area contributed by atoms with Crippen molar-refractivity contribution in [2.45, 2.75) is 103 Å². The van der Waals surface area contributed by atoms with E-state index in [9.17, 15) is 14.7 Å². The maximum absolute atomic E-state index is 12.2. The lowest BCUT2D eigenvalue weighted by Gasteiger charge is -2.23. The van der Waals surface area contributed by atoms with E-state index < -0.39 is 12.2 Å². The molecule has 0 bridgehead atoms. The molecule has 1 aliphatic rings. The van der Waals surface area contributed by atoms with E-state index in [2.05, 4.69) is 0 Å². The van der Waals surface area contributed by atoms with Gasteiger partial charge in [-0.2, -0.15) is 0 Å². The second-order valence-electron chi connectivity index (χ2n) is 6.91. The Bertz CT molecular complexity index is 347. The fourth-order valence-electron chi connectivity index (χ4n) is 3.23. The quantitative estimate of drug-likeness (QED) is 0.626. The number of carboxylic acid groups (broad SMARTS) is 1. The Morgan fingerprint density at radius 2 is 1.42 bits per heavy atom. The van der Waals surface area contributed by atoms with Crippen LogP contribution in [0.2, 0.25) is 0 Å². The number of hydrogen-bond acceptors (Lipinski definition) is 3. The zero-order valence-corrected chi connectivity index (χ0v) is 15.3. The summed E-state index contributed by atoms with van der Waals surface area (Å²) in [6.45, 7) is 2.28. The number of carbonyl (C=O) groups excluding carboxylic acids is 1. The average Bonchev–Trinajstić information content (AvgIpc) is 2.53. The Balaban J connectivity index is 2.49. The lowest BCUT2D eigenvalue weighted by atomic mass is 9.99. The summed E-state index contributed by atoms with van der Waals surface area (Å²) in [4.78, 5) is 24.4. The maximum atomic E-state index is 12.2. The molecule has 1 rings (SSSR count). The van der Waals surface area contributed by atoms with Crippen molar-refractivity contribution < 1.29 is 19.4 Å². The van der Waals surface area contributed by atoms with Gasteiger partial charge in [0.1, 0.15) is 6.10 Å². The van der Waals surface area contributed by atoms with Crippen LogP contribution in [0.5, 0.6) is 0 Å². The Kier molecular flexibility index (Phi) is 11.3. The molecule has 0 atom stereocenters. The van der Waals surface area contributed by atoms with E-state index in [0.29, 0.717) is 6.42 Å². The SMILES string of the molecule is CCCCCN(C(=O)O)C(=O)OC1CCCCCCCCCCC1. The zero-order valence-electron chi connectivity index (χ0n) is 15.3. The van der Waals surface area contributed by atoms with Gasteiger partial charge in [-0.3, -0.25) is 0 Å². The van der Waals surface area contributed by atoms with Crippen LogP contribution in [0, 0.1) is 0 Å². The van der Waals surface area contributed by atoms with Crippen LogP contribution in [0.3, 0.4) is 0 Å². The lowest BCUT2D eigenvalue weighted by molar-refractivity contribution is 0.0521. The standard InChI is InChI=1S/C19H35NO4/c1-2-3-13-16-20(18(21)22)19(23)24-17-14-11-9-7-5-4-6-8-10-12-15-17/h17H,2-16H2,1H3,(H,21,22). The highest BCUT2D eigenvalue weighted by atomic mass is 16.6. The molecule has 5 heteroatoms. The van der Waals surface area contributed by atoms with Gasteiger partial charge < -0.3 is 9.84 Å². The van der Waals surface area contributed by atoms with Crippen LogP contribution in [0.1, 0.15) is 96.8 Å². The van der Waals surface area contributed by atoms with Crippen LogP contribution >= 0.6 is 0 Å². The van der Waals surface area contributed by atoms with E-state index in [1.54, 1.807) is 0 Å². The molecule has 0 saturated heterocycles. The minimum absolute atomic E-state index is 0.134. The highest BCUT2D eigenvalue weighted by Crippen LogP contribution is 2.19. The Labute approximate surface area is 146 Å². The molecular formula is C19H35NO4. The van der Waals surface area contributed by atoms with E-state index in [1.165, 1.54) is 44.9 Å². The van der Waals surface area contributed by atoms with Gasteiger partial charge in [-0.05, 0) is 32.1 Å². The van der Waals surface area contributed by atoms with Crippen LogP contribution < -0.4 is 0 Å². The minimum Gasteiger partial charge on any atom is -0.465 e. The van der Waals surface area contributed by atoms with Gasteiger partial charge in [0, 0.05) is 6.54 Å². The summed E-state index contributed by atoms with van der Waals surface area (Å²) in [5.41, 5.74) is 0. The lowest BCUT2D eigenvalue weighted by Crippen LogP contribution is -2.39. The molecule has 1 aliphatic carbocycles. The second kappa shape index (κ2) is 13.1. The minimum atomic E-state index is -1.20. The van der Waals surface area contributed by atoms with Crippen LogP contribution in [-0.2, 0) is 4.74 Å². The van der Waals surface area contributed by atoms with Crippen LogP contribution in [0.4, 0.5) is 9.59 Å². The zero-order chi connectivity index (χ0) is 17.6. The molecule has 0 aromatic heterocycles. The molecule has 0 radical (unpaired) electrons. The van der Waals surface area contributed by atoms with E-state index >= 15 is 0 Å². The molecule has 0 heterocycles. The van der Waals surface area contributed by atoms with Crippen molar-refractivity contribution in [1.82, 2.24) is 4.90 Å². The molecule has 1 saturated carbocycles. The van der Waals surface area contributed by atoms with Crippen molar-refractivity contribution >= 4 is 12.2 Å². The first-order valence-electron chi connectivity index (χ1n) is 9.86. The highest BCUT2D eigenvalue weighted by Gasteiger charge is 2.24. The Morgan fingerprint density at radius 1 is 0.917 bits per heavy atom. The van der Waals surface area contributed by atoms with Crippen LogP contribution in [0.25, 0.3) is 0 Å². The van der Waals surface area contributed by atoms with Gasteiger partial charge in [0.2, 0.25) is 0 Å². The fraction of sp³-hybridized carbons (Fsp3) is 0.895. The van der Waals surface area contributed by atoms with Gasteiger partial charge in [-0.25, -0.2) is 14.5 Å². The third kappa shape index (κ3) is 9.14. The van der Waals surface area contributed by atoms with Crippen molar-refractivity contribution in [3.8, 4) is 0 Å². The summed E-state index contributed by atoms with van der Waals surface area (Å²) in [6.07, 6.45) is 13.2.